The highest BCUT2D eigenvalue weighted by molar-refractivity contribution is 5.70. The first-order valence-corrected chi connectivity index (χ1v) is 8.05. The second-order valence-corrected chi connectivity index (χ2v) is 7.77. The van der Waals surface area contributed by atoms with Gasteiger partial charge in [-0.15, -0.1) is 0 Å². The van der Waals surface area contributed by atoms with E-state index in [0.717, 1.165) is 25.7 Å². The van der Waals surface area contributed by atoms with Gasteiger partial charge in [0.15, 0.2) is 0 Å². The molecule has 0 amide bonds. The van der Waals surface area contributed by atoms with Gasteiger partial charge >= 0.3 is 5.97 Å². The fourth-order valence-electron chi connectivity index (χ4n) is 3.63. The minimum atomic E-state index is -0.612. The highest BCUT2D eigenvalue weighted by Gasteiger charge is 2.38. The number of carbonyl (C=O) groups is 1. The molecule has 0 aromatic heterocycles. The summed E-state index contributed by atoms with van der Waals surface area (Å²) < 4.78 is 0. The zero-order chi connectivity index (χ0) is 15.6. The van der Waals surface area contributed by atoms with Crippen molar-refractivity contribution >= 4 is 5.97 Å². The summed E-state index contributed by atoms with van der Waals surface area (Å²) in [5.41, 5.74) is 2.80. The van der Waals surface area contributed by atoms with E-state index in [9.17, 15) is 9.90 Å². The fourth-order valence-corrected chi connectivity index (χ4v) is 3.63. The zero-order valence-corrected chi connectivity index (χ0v) is 13.7. The number of rotatable bonds is 3. The maximum atomic E-state index is 11.6. The number of hydrogen-bond acceptors (Lipinski definition) is 1. The molecule has 3 unspecified atom stereocenters. The van der Waals surface area contributed by atoms with Gasteiger partial charge in [0, 0.05) is 0 Å². The van der Waals surface area contributed by atoms with Crippen LogP contribution in [0.1, 0.15) is 51.2 Å². The summed E-state index contributed by atoms with van der Waals surface area (Å²) in [6.07, 6.45) is 3.80. The lowest BCUT2D eigenvalue weighted by atomic mass is 9.64. The van der Waals surface area contributed by atoms with Crippen LogP contribution in [0.25, 0.3) is 0 Å². The van der Waals surface area contributed by atoms with Crippen molar-refractivity contribution in [1.82, 2.24) is 0 Å². The van der Waals surface area contributed by atoms with Crippen LogP contribution in [0, 0.1) is 30.1 Å². The molecule has 1 aliphatic rings. The summed E-state index contributed by atoms with van der Waals surface area (Å²) in [4.78, 5) is 11.6. The molecule has 21 heavy (non-hydrogen) atoms. The molecule has 0 radical (unpaired) electrons. The SMILES string of the molecule is Cc1ccc(CC2CC(C(C)(C)C)CCC2C(=O)O)cc1. The minimum Gasteiger partial charge on any atom is -0.481 e. The number of hydrogen-bond donors (Lipinski definition) is 1. The average Bonchev–Trinajstić information content (AvgIpc) is 2.40. The van der Waals surface area contributed by atoms with E-state index in [2.05, 4.69) is 52.0 Å². The second kappa shape index (κ2) is 6.21. The van der Waals surface area contributed by atoms with E-state index >= 15 is 0 Å². The van der Waals surface area contributed by atoms with Crippen molar-refractivity contribution in [2.45, 2.75) is 53.4 Å². The molecule has 2 rings (SSSR count). The molecule has 0 bridgehead atoms. The summed E-state index contributed by atoms with van der Waals surface area (Å²) in [5.74, 6) is 0.108. The third-order valence-electron chi connectivity index (χ3n) is 5.14. The Kier molecular flexibility index (Phi) is 4.75. The maximum Gasteiger partial charge on any atom is 0.306 e. The minimum absolute atomic E-state index is 0.176. The second-order valence-electron chi connectivity index (χ2n) is 7.77. The van der Waals surface area contributed by atoms with Crippen molar-refractivity contribution in [2.24, 2.45) is 23.2 Å². The third-order valence-corrected chi connectivity index (χ3v) is 5.14. The predicted octanol–water partition coefficient (Wildman–Crippen LogP) is 4.70. The van der Waals surface area contributed by atoms with Gasteiger partial charge < -0.3 is 5.11 Å². The highest BCUT2D eigenvalue weighted by Crippen LogP contribution is 2.43. The van der Waals surface area contributed by atoms with Crippen LogP contribution in [0.4, 0.5) is 0 Å². The molecule has 116 valence electrons. The van der Waals surface area contributed by atoms with Gasteiger partial charge in [-0.2, -0.15) is 0 Å². The first kappa shape index (κ1) is 16.1. The van der Waals surface area contributed by atoms with Gasteiger partial charge in [-0.05, 0) is 55.4 Å². The highest BCUT2D eigenvalue weighted by atomic mass is 16.4. The molecule has 3 atom stereocenters. The summed E-state index contributed by atoms with van der Waals surface area (Å²) in [6, 6.07) is 8.54. The van der Waals surface area contributed by atoms with E-state index in [0.29, 0.717) is 5.92 Å². The van der Waals surface area contributed by atoms with Crippen LogP contribution >= 0.6 is 0 Å². The molecule has 0 heterocycles. The molecule has 0 spiro atoms. The lowest BCUT2D eigenvalue weighted by Crippen LogP contribution is -2.36. The van der Waals surface area contributed by atoms with Gasteiger partial charge in [0.25, 0.3) is 0 Å². The van der Waals surface area contributed by atoms with Gasteiger partial charge in [-0.3, -0.25) is 4.79 Å². The first-order chi connectivity index (χ1) is 9.77. The van der Waals surface area contributed by atoms with Crippen molar-refractivity contribution in [3.63, 3.8) is 0 Å². The summed E-state index contributed by atoms with van der Waals surface area (Å²) >= 11 is 0. The molecule has 0 aliphatic heterocycles. The van der Waals surface area contributed by atoms with Crippen LogP contribution in [-0.4, -0.2) is 11.1 Å². The van der Waals surface area contributed by atoms with Crippen LogP contribution in [0.5, 0.6) is 0 Å². The quantitative estimate of drug-likeness (QED) is 0.875. The Hall–Kier alpha value is -1.31. The lowest BCUT2D eigenvalue weighted by molar-refractivity contribution is -0.146. The lowest BCUT2D eigenvalue weighted by Gasteiger charge is -2.40. The number of carboxylic acids is 1. The van der Waals surface area contributed by atoms with Crippen molar-refractivity contribution < 1.29 is 9.90 Å². The van der Waals surface area contributed by atoms with E-state index in [1.54, 1.807) is 0 Å². The third kappa shape index (κ3) is 4.09. The van der Waals surface area contributed by atoms with Gasteiger partial charge in [-0.1, -0.05) is 50.6 Å². The van der Waals surface area contributed by atoms with Gasteiger partial charge in [-0.25, -0.2) is 0 Å². The number of benzene rings is 1. The van der Waals surface area contributed by atoms with Crippen LogP contribution in [0.2, 0.25) is 0 Å². The molecule has 1 fully saturated rings. The number of carboxylic acid groups (broad SMARTS) is 1. The van der Waals surface area contributed by atoms with Crippen molar-refractivity contribution in [3.8, 4) is 0 Å². The Morgan fingerprint density at radius 1 is 1.19 bits per heavy atom. The standard InChI is InChI=1S/C19H28O2/c1-13-5-7-14(8-6-13)11-15-12-16(19(2,3)4)9-10-17(15)18(20)21/h5-8,15-17H,9-12H2,1-4H3,(H,20,21). The fraction of sp³-hybridized carbons (Fsp3) is 0.632. The van der Waals surface area contributed by atoms with Crippen LogP contribution in [-0.2, 0) is 11.2 Å². The van der Waals surface area contributed by atoms with Gasteiger partial charge in [0.05, 0.1) is 5.92 Å². The maximum absolute atomic E-state index is 11.6. The smallest absolute Gasteiger partial charge is 0.306 e. The molecular formula is C19H28O2. The molecular weight excluding hydrogens is 260 g/mol. The Morgan fingerprint density at radius 3 is 2.33 bits per heavy atom. The van der Waals surface area contributed by atoms with E-state index in [1.165, 1.54) is 11.1 Å². The molecule has 2 nitrogen and oxygen atoms in total. The Labute approximate surface area is 128 Å². The molecule has 1 aromatic carbocycles. The largest absolute Gasteiger partial charge is 0.481 e. The Balaban J connectivity index is 2.14. The average molecular weight is 288 g/mol. The molecule has 1 N–H and O–H groups in total. The molecule has 2 heteroatoms. The molecule has 1 aliphatic carbocycles. The van der Waals surface area contributed by atoms with Crippen LogP contribution in [0.15, 0.2) is 24.3 Å². The van der Waals surface area contributed by atoms with E-state index < -0.39 is 5.97 Å². The topological polar surface area (TPSA) is 37.3 Å². The molecule has 1 aromatic rings. The van der Waals surface area contributed by atoms with Gasteiger partial charge in [0.1, 0.15) is 0 Å². The Bertz CT molecular complexity index is 481. The Morgan fingerprint density at radius 2 is 1.81 bits per heavy atom. The van der Waals surface area contributed by atoms with Crippen molar-refractivity contribution in [2.75, 3.05) is 0 Å². The summed E-state index contributed by atoms with van der Waals surface area (Å²) in [5, 5.41) is 9.52. The van der Waals surface area contributed by atoms with Crippen LogP contribution < -0.4 is 0 Å². The number of aliphatic carboxylic acids is 1. The van der Waals surface area contributed by atoms with Crippen molar-refractivity contribution in [3.05, 3.63) is 35.4 Å². The molecule has 1 saturated carbocycles. The first-order valence-electron chi connectivity index (χ1n) is 8.05. The van der Waals surface area contributed by atoms with E-state index in [-0.39, 0.29) is 17.3 Å². The molecule has 0 saturated heterocycles. The van der Waals surface area contributed by atoms with Gasteiger partial charge in [0.2, 0.25) is 0 Å². The van der Waals surface area contributed by atoms with Crippen LogP contribution in [0.3, 0.4) is 0 Å². The predicted molar refractivity (Wildman–Crippen MR) is 86.3 cm³/mol. The van der Waals surface area contributed by atoms with E-state index in [1.807, 2.05) is 0 Å². The normalized spacial score (nSPS) is 26.6. The summed E-state index contributed by atoms with van der Waals surface area (Å²) in [7, 11) is 0. The zero-order valence-electron chi connectivity index (χ0n) is 13.7. The van der Waals surface area contributed by atoms with Crippen molar-refractivity contribution in [1.29, 1.82) is 0 Å². The number of aryl methyl sites for hydroxylation is 1. The monoisotopic (exact) mass is 288 g/mol. The summed E-state index contributed by atoms with van der Waals surface area (Å²) in [6.45, 7) is 8.92. The van der Waals surface area contributed by atoms with E-state index in [4.69, 9.17) is 0 Å².